The Balaban J connectivity index is 1.41. The molecule has 0 unspecified atom stereocenters. The van der Waals surface area contributed by atoms with Crippen molar-refractivity contribution in [3.63, 3.8) is 0 Å². The molecule has 2 aromatic rings. The summed E-state index contributed by atoms with van der Waals surface area (Å²) in [6.45, 7) is 6.25. The lowest BCUT2D eigenvalue weighted by atomic mass is 9.72. The molecule has 5 rings (SSSR count). The number of benzene rings is 1. The fourth-order valence-electron chi connectivity index (χ4n) is 5.76. The molecule has 6 heteroatoms. The third kappa shape index (κ3) is 3.48. The van der Waals surface area contributed by atoms with Crippen LogP contribution in [-0.4, -0.2) is 52.0 Å². The second-order valence-corrected chi connectivity index (χ2v) is 9.18. The Morgan fingerprint density at radius 3 is 2.69 bits per heavy atom. The molecule has 1 saturated carbocycles. The average Bonchev–Trinajstić information content (AvgIpc) is 3.47. The predicted molar refractivity (Wildman–Crippen MR) is 109 cm³/mol. The zero-order valence-electron chi connectivity index (χ0n) is 17.2. The van der Waals surface area contributed by atoms with Gasteiger partial charge in [-0.3, -0.25) is 9.69 Å². The Hall–Kier alpha value is -2.21. The number of likely N-dealkylation sites (tertiary alicyclic amines) is 2. The van der Waals surface area contributed by atoms with E-state index in [2.05, 4.69) is 50.3 Å². The van der Waals surface area contributed by atoms with Crippen molar-refractivity contribution in [2.45, 2.75) is 51.0 Å². The molecule has 0 spiro atoms. The number of hydrogen-bond acceptors (Lipinski definition) is 5. The normalized spacial score (nSPS) is 28.0. The van der Waals surface area contributed by atoms with Gasteiger partial charge in [-0.05, 0) is 30.7 Å². The average molecular weight is 395 g/mol. The van der Waals surface area contributed by atoms with Crippen LogP contribution in [0.25, 0.3) is 0 Å². The molecular formula is C23H30N4O2. The maximum atomic E-state index is 13.2. The molecule has 6 nitrogen and oxygen atoms in total. The van der Waals surface area contributed by atoms with Gasteiger partial charge in [0.2, 0.25) is 11.8 Å². The summed E-state index contributed by atoms with van der Waals surface area (Å²) in [6.07, 6.45) is 5.48. The number of nitrogens with zero attached hydrogens (tertiary/aromatic N) is 4. The molecule has 0 radical (unpaired) electrons. The molecule has 2 saturated heterocycles. The van der Waals surface area contributed by atoms with Crippen LogP contribution in [0.4, 0.5) is 0 Å². The van der Waals surface area contributed by atoms with Gasteiger partial charge in [0.25, 0.3) is 0 Å². The summed E-state index contributed by atoms with van der Waals surface area (Å²) in [6, 6.07) is 10.6. The van der Waals surface area contributed by atoms with E-state index in [1.807, 2.05) is 6.92 Å². The van der Waals surface area contributed by atoms with Crippen LogP contribution in [0.2, 0.25) is 0 Å². The first-order valence-electron chi connectivity index (χ1n) is 11.0. The molecule has 3 aliphatic rings. The van der Waals surface area contributed by atoms with Crippen molar-refractivity contribution < 1.29 is 9.32 Å². The predicted octanol–water partition coefficient (Wildman–Crippen LogP) is 3.17. The van der Waals surface area contributed by atoms with E-state index in [0.717, 1.165) is 57.8 Å². The van der Waals surface area contributed by atoms with E-state index in [1.165, 1.54) is 18.4 Å². The molecule has 1 aromatic carbocycles. The SMILES string of the molecule is Cc1nc([C@@]23CN(Cc4ccccc4)C[C@@H]2CCN(C(=O)C2CCCC2)C3)no1. The molecule has 1 aromatic heterocycles. The summed E-state index contributed by atoms with van der Waals surface area (Å²) in [7, 11) is 0. The van der Waals surface area contributed by atoms with Gasteiger partial charge in [-0.25, -0.2) is 0 Å². The van der Waals surface area contributed by atoms with Crippen molar-refractivity contribution in [1.29, 1.82) is 0 Å². The summed E-state index contributed by atoms with van der Waals surface area (Å²) in [5.41, 5.74) is 1.10. The summed E-state index contributed by atoms with van der Waals surface area (Å²) >= 11 is 0. The number of aromatic nitrogens is 2. The van der Waals surface area contributed by atoms with E-state index in [1.54, 1.807) is 0 Å². The molecule has 1 aliphatic carbocycles. The molecule has 2 atom stereocenters. The van der Waals surface area contributed by atoms with E-state index in [4.69, 9.17) is 4.52 Å². The van der Waals surface area contributed by atoms with Crippen LogP contribution in [-0.2, 0) is 16.8 Å². The Bertz CT molecular complexity index is 861. The number of piperidine rings is 1. The van der Waals surface area contributed by atoms with Gasteiger partial charge in [0.05, 0.1) is 5.41 Å². The van der Waals surface area contributed by atoms with Crippen LogP contribution >= 0.6 is 0 Å². The lowest BCUT2D eigenvalue weighted by molar-refractivity contribution is -0.138. The standard InChI is InChI=1S/C23H30N4O2/c1-17-24-22(25-29-17)23-15-26(13-18-7-3-2-4-8-18)14-20(23)11-12-27(16-23)21(28)19-9-5-6-10-19/h2-4,7-8,19-20H,5-6,9-16H2,1H3/t20-,23+/m0/s1. The zero-order valence-corrected chi connectivity index (χ0v) is 17.2. The van der Waals surface area contributed by atoms with Gasteiger partial charge in [0, 0.05) is 45.6 Å². The van der Waals surface area contributed by atoms with Crippen LogP contribution in [0.3, 0.4) is 0 Å². The van der Waals surface area contributed by atoms with Gasteiger partial charge in [0.1, 0.15) is 0 Å². The molecule has 154 valence electrons. The van der Waals surface area contributed by atoms with Crippen LogP contribution < -0.4 is 0 Å². The molecular weight excluding hydrogens is 364 g/mol. The zero-order chi connectivity index (χ0) is 19.8. The molecule has 3 fully saturated rings. The highest BCUT2D eigenvalue weighted by Gasteiger charge is 2.54. The van der Waals surface area contributed by atoms with E-state index in [0.29, 0.717) is 17.7 Å². The number of rotatable bonds is 4. The Morgan fingerprint density at radius 2 is 1.97 bits per heavy atom. The van der Waals surface area contributed by atoms with E-state index >= 15 is 0 Å². The third-order valence-electron chi connectivity index (χ3n) is 7.22. The minimum Gasteiger partial charge on any atom is -0.341 e. The summed E-state index contributed by atoms with van der Waals surface area (Å²) in [5, 5.41) is 4.35. The second kappa shape index (κ2) is 7.56. The van der Waals surface area contributed by atoms with Crippen LogP contribution in [0.15, 0.2) is 34.9 Å². The molecule has 29 heavy (non-hydrogen) atoms. The minimum absolute atomic E-state index is 0.220. The topological polar surface area (TPSA) is 62.5 Å². The van der Waals surface area contributed by atoms with E-state index in [-0.39, 0.29) is 11.3 Å². The van der Waals surface area contributed by atoms with Gasteiger partial charge >= 0.3 is 0 Å². The number of carbonyl (C=O) groups is 1. The number of hydrogen-bond donors (Lipinski definition) is 0. The Morgan fingerprint density at radius 1 is 1.17 bits per heavy atom. The van der Waals surface area contributed by atoms with Crippen LogP contribution in [0.5, 0.6) is 0 Å². The number of amides is 1. The maximum Gasteiger partial charge on any atom is 0.225 e. The highest BCUT2D eigenvalue weighted by atomic mass is 16.5. The summed E-state index contributed by atoms with van der Waals surface area (Å²) in [5.74, 6) is 2.42. The first-order chi connectivity index (χ1) is 14.1. The fourth-order valence-corrected chi connectivity index (χ4v) is 5.76. The molecule has 2 aliphatic heterocycles. The van der Waals surface area contributed by atoms with Crippen molar-refractivity contribution >= 4 is 5.91 Å². The quantitative estimate of drug-likeness (QED) is 0.797. The van der Waals surface area contributed by atoms with Crippen molar-refractivity contribution in [2.75, 3.05) is 26.2 Å². The molecule has 1 amide bonds. The lowest BCUT2D eigenvalue weighted by Crippen LogP contribution is -2.55. The molecule has 3 heterocycles. The van der Waals surface area contributed by atoms with Crippen LogP contribution in [0.1, 0.15) is 49.4 Å². The second-order valence-electron chi connectivity index (χ2n) is 9.18. The maximum absolute atomic E-state index is 13.2. The molecule has 0 bridgehead atoms. The van der Waals surface area contributed by atoms with Gasteiger partial charge in [-0.1, -0.05) is 48.3 Å². The first kappa shape index (κ1) is 18.8. The Kier molecular flexibility index (Phi) is 4.90. The van der Waals surface area contributed by atoms with Gasteiger partial charge in [-0.15, -0.1) is 0 Å². The van der Waals surface area contributed by atoms with Crippen molar-refractivity contribution in [2.24, 2.45) is 11.8 Å². The number of carbonyl (C=O) groups excluding carboxylic acids is 1. The largest absolute Gasteiger partial charge is 0.341 e. The highest BCUT2D eigenvalue weighted by Crippen LogP contribution is 2.44. The number of aryl methyl sites for hydroxylation is 1. The van der Waals surface area contributed by atoms with E-state index < -0.39 is 0 Å². The smallest absolute Gasteiger partial charge is 0.225 e. The van der Waals surface area contributed by atoms with Gasteiger partial charge < -0.3 is 9.42 Å². The number of fused-ring (bicyclic) bond motifs is 1. The van der Waals surface area contributed by atoms with Gasteiger partial charge in [0.15, 0.2) is 5.82 Å². The fraction of sp³-hybridized carbons (Fsp3) is 0.609. The highest BCUT2D eigenvalue weighted by molar-refractivity contribution is 5.79. The summed E-state index contributed by atoms with van der Waals surface area (Å²) < 4.78 is 5.39. The first-order valence-corrected chi connectivity index (χ1v) is 11.0. The van der Waals surface area contributed by atoms with Crippen LogP contribution in [0, 0.1) is 18.8 Å². The van der Waals surface area contributed by atoms with Crippen molar-refractivity contribution in [1.82, 2.24) is 19.9 Å². The van der Waals surface area contributed by atoms with E-state index in [9.17, 15) is 4.79 Å². The molecule has 0 N–H and O–H groups in total. The minimum atomic E-state index is -0.223. The lowest BCUT2D eigenvalue weighted by Gasteiger charge is -2.43. The third-order valence-corrected chi connectivity index (χ3v) is 7.22. The van der Waals surface area contributed by atoms with Gasteiger partial charge in [-0.2, -0.15) is 4.98 Å². The monoisotopic (exact) mass is 394 g/mol. The Labute approximate surface area is 172 Å². The van der Waals surface area contributed by atoms with Crippen molar-refractivity contribution in [3.05, 3.63) is 47.6 Å². The summed E-state index contributed by atoms with van der Waals surface area (Å²) in [4.78, 5) is 22.5. The van der Waals surface area contributed by atoms with Crippen molar-refractivity contribution in [3.8, 4) is 0 Å².